The molecule has 164 valence electrons. The minimum atomic E-state index is 0.275. The van der Waals surface area contributed by atoms with Crippen LogP contribution in [0.5, 0.6) is 17.2 Å². The summed E-state index contributed by atoms with van der Waals surface area (Å²) in [4.78, 5) is 0. The van der Waals surface area contributed by atoms with Crippen molar-refractivity contribution in [2.75, 3.05) is 40.6 Å². The third-order valence-corrected chi connectivity index (χ3v) is 3.95. The number of allylic oxidation sites excluding steroid dienone is 3. The molecule has 1 rings (SSSR count). The van der Waals surface area contributed by atoms with Crippen LogP contribution in [-0.2, 0) is 4.74 Å². The van der Waals surface area contributed by atoms with Gasteiger partial charge in [0, 0.05) is 39.0 Å². The monoisotopic (exact) mass is 409 g/mol. The Morgan fingerprint density at radius 1 is 1.10 bits per heavy atom. The summed E-state index contributed by atoms with van der Waals surface area (Å²) < 4.78 is 20.4. The van der Waals surface area contributed by atoms with Crippen LogP contribution >= 0.6 is 0 Å². The maximum atomic E-state index is 9.70. The molecule has 0 atom stereocenters. The van der Waals surface area contributed by atoms with Gasteiger partial charge in [-0.15, -0.1) is 0 Å². The lowest BCUT2D eigenvalue weighted by molar-refractivity contribution is 0.277. The highest BCUT2D eigenvalue weighted by Crippen LogP contribution is 2.42. The number of rotatable bonds is 9. The van der Waals surface area contributed by atoms with Gasteiger partial charge in [0.05, 0.1) is 32.8 Å². The Morgan fingerprint density at radius 2 is 1.72 bits per heavy atom. The fourth-order valence-corrected chi connectivity index (χ4v) is 2.46. The van der Waals surface area contributed by atoms with E-state index >= 15 is 0 Å². The second-order valence-electron chi connectivity index (χ2n) is 5.78. The summed E-state index contributed by atoms with van der Waals surface area (Å²) in [6.45, 7) is 3.76. The van der Waals surface area contributed by atoms with Gasteiger partial charge in [-0.25, -0.2) is 5.84 Å². The lowest BCUT2D eigenvalue weighted by Gasteiger charge is -2.26. The molecular formula is C21H35N3O5. The van der Waals surface area contributed by atoms with Crippen molar-refractivity contribution >= 4 is 5.69 Å². The molecule has 0 aromatic heterocycles. The lowest BCUT2D eigenvalue weighted by atomic mass is 10.1. The van der Waals surface area contributed by atoms with Crippen molar-refractivity contribution in [3.05, 3.63) is 47.5 Å². The zero-order valence-corrected chi connectivity index (χ0v) is 18.5. The van der Waals surface area contributed by atoms with Gasteiger partial charge in [-0.05, 0) is 25.0 Å². The van der Waals surface area contributed by atoms with Crippen LogP contribution in [0.4, 0.5) is 5.69 Å². The van der Waals surface area contributed by atoms with Gasteiger partial charge in [0.2, 0.25) is 0 Å². The topological polar surface area (TPSA) is 112 Å². The third-order valence-electron chi connectivity index (χ3n) is 3.95. The Balaban J connectivity index is 0.00000245. The van der Waals surface area contributed by atoms with Gasteiger partial charge in [0.25, 0.3) is 0 Å². The van der Waals surface area contributed by atoms with Gasteiger partial charge in [0.15, 0.2) is 11.5 Å². The van der Waals surface area contributed by atoms with Gasteiger partial charge in [-0.3, -0.25) is 5.01 Å². The predicted molar refractivity (Wildman–Crippen MR) is 117 cm³/mol. The molecule has 0 unspecified atom stereocenters. The van der Waals surface area contributed by atoms with Crippen LogP contribution in [0, 0.1) is 0 Å². The van der Waals surface area contributed by atoms with Crippen molar-refractivity contribution < 1.29 is 24.1 Å². The number of hydrogen-bond donors (Lipinski definition) is 3. The molecule has 8 heteroatoms. The number of benzene rings is 1. The molecule has 0 bridgehead atoms. The summed E-state index contributed by atoms with van der Waals surface area (Å²) >= 11 is 0. The van der Waals surface area contributed by atoms with Crippen LogP contribution in [0.15, 0.2) is 47.5 Å². The molecule has 29 heavy (non-hydrogen) atoms. The van der Waals surface area contributed by atoms with Gasteiger partial charge < -0.3 is 29.8 Å². The molecule has 8 nitrogen and oxygen atoms in total. The van der Waals surface area contributed by atoms with Crippen molar-refractivity contribution in [1.29, 1.82) is 0 Å². The summed E-state index contributed by atoms with van der Waals surface area (Å²) in [5, 5.41) is 11.1. The highest BCUT2D eigenvalue weighted by molar-refractivity contribution is 5.70. The molecule has 1 aromatic rings. The molecule has 5 N–H and O–H groups in total. The number of hydrogen-bond acceptors (Lipinski definition) is 8. The van der Waals surface area contributed by atoms with Gasteiger partial charge >= 0.3 is 0 Å². The van der Waals surface area contributed by atoms with E-state index in [1.807, 2.05) is 13.0 Å². The van der Waals surface area contributed by atoms with Crippen LogP contribution < -0.4 is 30.8 Å². The molecule has 0 saturated carbocycles. The quantitative estimate of drug-likeness (QED) is 0.245. The largest absolute Gasteiger partial charge is 0.512 e. The number of methoxy groups -OCH3 is 4. The third kappa shape index (κ3) is 7.59. The summed E-state index contributed by atoms with van der Waals surface area (Å²) in [6, 6.07) is 3.45. The molecule has 0 amide bonds. The Hall–Kier alpha value is -2.84. The number of aliphatic hydroxyl groups is 1. The minimum Gasteiger partial charge on any atom is -0.512 e. The molecule has 0 heterocycles. The smallest absolute Gasteiger partial charge is 0.186 e. The minimum absolute atomic E-state index is 0.275. The summed E-state index contributed by atoms with van der Waals surface area (Å²) in [6.07, 6.45) is 6.03. The fraction of sp³-hybridized carbons (Fsp3) is 0.429. The Labute approximate surface area is 174 Å². The van der Waals surface area contributed by atoms with Crippen molar-refractivity contribution in [2.45, 2.75) is 26.7 Å². The van der Waals surface area contributed by atoms with E-state index in [4.69, 9.17) is 25.8 Å². The summed E-state index contributed by atoms with van der Waals surface area (Å²) in [7, 11) is 7.88. The van der Waals surface area contributed by atoms with Gasteiger partial charge in [0.1, 0.15) is 11.4 Å². The van der Waals surface area contributed by atoms with Crippen LogP contribution in [0.2, 0.25) is 0 Å². The van der Waals surface area contributed by atoms with Gasteiger partial charge in [-0.1, -0.05) is 13.0 Å². The number of aliphatic hydroxyl groups excluding tert-OH is 1. The van der Waals surface area contributed by atoms with E-state index in [2.05, 4.69) is 4.74 Å². The molecule has 0 aliphatic heterocycles. The zero-order valence-electron chi connectivity index (χ0n) is 18.5. The second kappa shape index (κ2) is 14.2. The van der Waals surface area contributed by atoms with Crippen LogP contribution in [-0.4, -0.2) is 40.7 Å². The molecule has 0 spiro atoms. The molecular weight excluding hydrogens is 374 g/mol. The Kier molecular flexibility index (Phi) is 12.8. The summed E-state index contributed by atoms with van der Waals surface area (Å²) in [5.41, 5.74) is 7.86. The Bertz CT molecular complexity index is 715. The van der Waals surface area contributed by atoms with Crippen LogP contribution in [0.25, 0.3) is 0 Å². The van der Waals surface area contributed by atoms with E-state index < -0.39 is 0 Å². The van der Waals surface area contributed by atoms with Crippen LogP contribution in [0.3, 0.4) is 0 Å². The first-order chi connectivity index (χ1) is 13.9. The number of nitrogens with zero attached hydrogens (tertiary/aromatic N) is 1. The highest BCUT2D eigenvalue weighted by Gasteiger charge is 2.20. The van der Waals surface area contributed by atoms with Gasteiger partial charge in [-0.2, -0.15) is 0 Å². The first kappa shape index (κ1) is 26.2. The molecule has 0 radical (unpaired) electrons. The van der Waals surface area contributed by atoms with Crippen molar-refractivity contribution in [2.24, 2.45) is 11.6 Å². The number of anilines is 1. The summed E-state index contributed by atoms with van der Waals surface area (Å²) in [5.74, 6) is 8.16. The average molecular weight is 410 g/mol. The maximum Gasteiger partial charge on any atom is 0.186 e. The Morgan fingerprint density at radius 3 is 2.14 bits per heavy atom. The van der Waals surface area contributed by atoms with E-state index in [0.29, 0.717) is 41.5 Å². The molecule has 0 aliphatic carbocycles. The number of ether oxygens (including phenoxy) is 4. The number of nitrogens with two attached hydrogens (primary N) is 2. The standard InChI is InChI=1S/C19H29N3O4.C2H6O/c1-6-13(8-9-14(23)7-2)17(12-20)22(21)16-10-15(24-3)11-18(25-4)19(16)26-5;1-3-2/h7-8,10-12,23H,6,9,20-21H2,1-5H3;1-2H3/b13-8+,14-7+,17-12-;. The second-order valence-corrected chi connectivity index (χ2v) is 5.78. The molecule has 0 aliphatic rings. The van der Waals surface area contributed by atoms with E-state index in [1.165, 1.54) is 18.3 Å². The predicted octanol–water partition coefficient (Wildman–Crippen LogP) is 3.64. The van der Waals surface area contributed by atoms with Crippen molar-refractivity contribution in [1.82, 2.24) is 0 Å². The average Bonchev–Trinajstić information content (AvgIpc) is 2.75. The van der Waals surface area contributed by atoms with E-state index in [-0.39, 0.29) is 5.76 Å². The molecule has 1 aromatic carbocycles. The van der Waals surface area contributed by atoms with E-state index in [1.54, 1.807) is 53.6 Å². The van der Waals surface area contributed by atoms with Crippen molar-refractivity contribution in [3.8, 4) is 17.2 Å². The highest BCUT2D eigenvalue weighted by atomic mass is 16.5. The SMILES string of the molecule is C/C=C(/O)C/C=C(CC)/C(=C/N)N(N)c1cc(OC)cc(OC)c1OC.COC. The maximum absolute atomic E-state index is 9.70. The van der Waals surface area contributed by atoms with E-state index in [0.717, 1.165) is 5.57 Å². The fourth-order valence-electron chi connectivity index (χ4n) is 2.46. The van der Waals surface area contributed by atoms with E-state index in [9.17, 15) is 5.11 Å². The molecule has 0 fully saturated rings. The van der Waals surface area contributed by atoms with Crippen molar-refractivity contribution in [3.63, 3.8) is 0 Å². The number of hydrazine groups is 1. The lowest BCUT2D eigenvalue weighted by Crippen LogP contribution is -2.32. The first-order valence-electron chi connectivity index (χ1n) is 9.09. The van der Waals surface area contributed by atoms with Crippen LogP contribution in [0.1, 0.15) is 26.7 Å². The zero-order chi connectivity index (χ0) is 22.4. The normalized spacial score (nSPS) is 12.1. The first-order valence-corrected chi connectivity index (χ1v) is 9.09. The molecule has 0 saturated heterocycles.